The van der Waals surface area contributed by atoms with Gasteiger partial charge in [0.25, 0.3) is 11.8 Å². The molecule has 7 rings (SSSR count). The van der Waals surface area contributed by atoms with Crippen molar-refractivity contribution in [3.8, 4) is 0 Å². The van der Waals surface area contributed by atoms with E-state index in [9.17, 15) is 28.0 Å². The number of hydrogen-bond acceptors (Lipinski definition) is 8. The summed E-state index contributed by atoms with van der Waals surface area (Å²) in [7, 11) is 1.21. The van der Waals surface area contributed by atoms with Crippen molar-refractivity contribution in [3.63, 3.8) is 0 Å². The van der Waals surface area contributed by atoms with Crippen LogP contribution in [0.4, 0.5) is 19.6 Å². The lowest BCUT2D eigenvalue weighted by atomic mass is 9.84. The third-order valence-electron chi connectivity index (χ3n) is 7.69. The number of ether oxygens (including phenoxy) is 1. The summed E-state index contributed by atoms with van der Waals surface area (Å²) < 4.78 is 38.8. The number of aromatic nitrogens is 1. The quantitative estimate of drug-likeness (QED) is 0.265. The number of rotatable bonds is 4. The molecular formula is C31H19F2N3O6S. The van der Waals surface area contributed by atoms with Crippen LogP contribution in [0.3, 0.4) is 0 Å². The Labute approximate surface area is 245 Å². The molecule has 5 aromatic rings. The number of amides is 2. The van der Waals surface area contributed by atoms with Crippen LogP contribution in [-0.4, -0.2) is 29.9 Å². The highest BCUT2D eigenvalue weighted by Crippen LogP contribution is 2.55. The van der Waals surface area contributed by atoms with Crippen molar-refractivity contribution in [3.05, 3.63) is 122 Å². The topological polar surface area (TPSA) is 110 Å². The Bertz CT molecular complexity index is 2090. The van der Waals surface area contributed by atoms with E-state index in [0.717, 1.165) is 28.4 Å². The summed E-state index contributed by atoms with van der Waals surface area (Å²) in [6.07, 6.45) is 0. The molecule has 0 saturated carbocycles. The number of anilines is 2. The van der Waals surface area contributed by atoms with E-state index in [-0.39, 0.29) is 44.3 Å². The Morgan fingerprint density at radius 2 is 1.74 bits per heavy atom. The number of methoxy groups -OCH3 is 1. The maximum atomic E-state index is 14.9. The van der Waals surface area contributed by atoms with E-state index in [2.05, 4.69) is 4.98 Å². The highest BCUT2D eigenvalue weighted by Gasteiger charge is 2.66. The number of hydrogen-bond donors (Lipinski definition) is 0. The molecule has 4 heterocycles. The molecule has 0 radical (unpaired) electrons. The van der Waals surface area contributed by atoms with E-state index in [1.807, 2.05) is 0 Å². The molecule has 0 saturated heterocycles. The Hall–Kier alpha value is -5.23. The molecule has 2 aromatic heterocycles. The van der Waals surface area contributed by atoms with Gasteiger partial charge in [0.2, 0.25) is 5.76 Å². The second-order valence-corrected chi connectivity index (χ2v) is 11.0. The van der Waals surface area contributed by atoms with Gasteiger partial charge in [-0.1, -0.05) is 41.7 Å². The predicted molar refractivity (Wildman–Crippen MR) is 152 cm³/mol. The van der Waals surface area contributed by atoms with Crippen LogP contribution in [0.25, 0.3) is 11.0 Å². The van der Waals surface area contributed by atoms with Gasteiger partial charge in [0, 0.05) is 5.56 Å². The van der Waals surface area contributed by atoms with E-state index >= 15 is 0 Å². The molecule has 43 heavy (non-hydrogen) atoms. The minimum atomic E-state index is -2.11. The standard InChI is InChI=1S/C31H19F2N3O6S/c1-15-26(28(39)41-2)43-30(34-15)36-27(38)25-23(24(37)19-13-18(33)11-12-22(19)42-25)31(36)20-5-3-4-6-21(20)35(29(31)40)14-16-7-9-17(32)10-8-16/h3-13H,14H2,1-2H3. The van der Waals surface area contributed by atoms with Crippen LogP contribution in [0, 0.1) is 18.6 Å². The second kappa shape index (κ2) is 9.39. The zero-order valence-corrected chi connectivity index (χ0v) is 23.3. The average molecular weight is 600 g/mol. The first-order valence-electron chi connectivity index (χ1n) is 13.0. The van der Waals surface area contributed by atoms with Crippen LogP contribution in [0.2, 0.25) is 0 Å². The lowest BCUT2D eigenvalue weighted by Crippen LogP contribution is -2.53. The van der Waals surface area contributed by atoms with Crippen LogP contribution in [-0.2, 0) is 21.6 Å². The van der Waals surface area contributed by atoms with Gasteiger partial charge in [-0.15, -0.1) is 0 Å². The Morgan fingerprint density at radius 3 is 2.49 bits per heavy atom. The first kappa shape index (κ1) is 26.7. The zero-order valence-electron chi connectivity index (χ0n) is 22.5. The third kappa shape index (κ3) is 3.62. The number of carbonyl (C=O) groups excluding carboxylic acids is 3. The molecule has 214 valence electrons. The van der Waals surface area contributed by atoms with E-state index in [4.69, 9.17) is 9.15 Å². The highest BCUT2D eigenvalue weighted by atomic mass is 32.1. The van der Waals surface area contributed by atoms with Crippen molar-refractivity contribution in [2.45, 2.75) is 19.0 Å². The van der Waals surface area contributed by atoms with Gasteiger partial charge in [0.05, 0.1) is 36.0 Å². The Morgan fingerprint density at radius 1 is 1.02 bits per heavy atom. The first-order valence-corrected chi connectivity index (χ1v) is 13.8. The number of benzene rings is 3. The fourth-order valence-corrected chi connectivity index (χ4v) is 6.86. The van der Waals surface area contributed by atoms with Gasteiger partial charge < -0.3 is 14.1 Å². The molecule has 0 aliphatic carbocycles. The lowest BCUT2D eigenvalue weighted by molar-refractivity contribution is -0.121. The molecule has 3 aromatic carbocycles. The van der Waals surface area contributed by atoms with Gasteiger partial charge in [-0.2, -0.15) is 0 Å². The summed E-state index contributed by atoms with van der Waals surface area (Å²) in [5.41, 5.74) is -1.69. The van der Waals surface area contributed by atoms with Crippen molar-refractivity contribution in [1.29, 1.82) is 0 Å². The molecule has 0 N–H and O–H groups in total. The number of carbonyl (C=O) groups is 3. The minimum absolute atomic E-state index is 0.0207. The van der Waals surface area contributed by atoms with Crippen molar-refractivity contribution in [2.75, 3.05) is 16.9 Å². The van der Waals surface area contributed by atoms with Crippen molar-refractivity contribution in [2.24, 2.45) is 0 Å². The summed E-state index contributed by atoms with van der Waals surface area (Å²) in [6, 6.07) is 15.6. The molecule has 9 nitrogen and oxygen atoms in total. The van der Waals surface area contributed by atoms with Crippen LogP contribution >= 0.6 is 11.3 Å². The fourth-order valence-electron chi connectivity index (χ4n) is 5.82. The zero-order chi connectivity index (χ0) is 30.2. The summed E-state index contributed by atoms with van der Waals surface area (Å²) >= 11 is 0.824. The molecule has 12 heteroatoms. The maximum absolute atomic E-state index is 14.9. The van der Waals surface area contributed by atoms with Crippen LogP contribution < -0.4 is 15.2 Å². The molecule has 2 aliphatic rings. The average Bonchev–Trinajstić information content (AvgIpc) is 3.59. The third-order valence-corrected chi connectivity index (χ3v) is 8.81. The van der Waals surface area contributed by atoms with Crippen LogP contribution in [0.1, 0.15) is 42.6 Å². The molecule has 0 bridgehead atoms. The monoisotopic (exact) mass is 599 g/mol. The molecule has 2 amide bonds. The smallest absolute Gasteiger partial charge is 0.350 e. The molecule has 2 aliphatic heterocycles. The van der Waals surface area contributed by atoms with Crippen LogP contribution in [0.15, 0.2) is 75.9 Å². The van der Waals surface area contributed by atoms with E-state index in [1.165, 1.54) is 42.3 Å². The largest absolute Gasteiger partial charge is 0.465 e. The molecule has 0 fully saturated rings. The second-order valence-electron chi connectivity index (χ2n) is 10.1. The fraction of sp³-hybridized carbons (Fsp3) is 0.129. The number of aryl methyl sites for hydroxylation is 1. The molecule has 1 unspecified atom stereocenters. The maximum Gasteiger partial charge on any atom is 0.350 e. The summed E-state index contributed by atoms with van der Waals surface area (Å²) in [5, 5.41) is -0.198. The van der Waals surface area contributed by atoms with E-state index in [0.29, 0.717) is 11.3 Å². The van der Waals surface area contributed by atoms with Gasteiger partial charge in [0.15, 0.2) is 16.1 Å². The van der Waals surface area contributed by atoms with Crippen LogP contribution in [0.5, 0.6) is 0 Å². The Balaban J connectivity index is 1.55. The number of nitrogens with zero attached hydrogens (tertiary/aromatic N) is 3. The predicted octanol–water partition coefficient (Wildman–Crippen LogP) is 5.07. The first-order chi connectivity index (χ1) is 20.7. The minimum Gasteiger partial charge on any atom is -0.465 e. The van der Waals surface area contributed by atoms with Crippen molar-refractivity contribution in [1.82, 2.24) is 4.98 Å². The number of halogens is 2. The normalized spacial score (nSPS) is 17.2. The van der Waals surface area contributed by atoms with E-state index in [1.54, 1.807) is 31.2 Å². The van der Waals surface area contributed by atoms with Gasteiger partial charge in [-0.05, 0) is 48.9 Å². The summed E-state index contributed by atoms with van der Waals surface area (Å²) in [6.45, 7) is 1.53. The lowest BCUT2D eigenvalue weighted by Gasteiger charge is -2.32. The van der Waals surface area contributed by atoms with Gasteiger partial charge in [-0.3, -0.25) is 19.3 Å². The summed E-state index contributed by atoms with van der Waals surface area (Å²) in [4.78, 5) is 62.9. The van der Waals surface area contributed by atoms with Gasteiger partial charge in [-0.25, -0.2) is 18.6 Å². The van der Waals surface area contributed by atoms with Crippen molar-refractivity contribution < 1.29 is 32.3 Å². The molecule has 1 spiro atoms. The van der Waals surface area contributed by atoms with Gasteiger partial charge in [0.1, 0.15) is 22.1 Å². The van der Waals surface area contributed by atoms with Gasteiger partial charge >= 0.3 is 5.97 Å². The Kier molecular flexibility index (Phi) is 5.82. The highest BCUT2D eigenvalue weighted by molar-refractivity contribution is 7.17. The number of fused-ring (bicyclic) bond motifs is 5. The number of para-hydroxylation sites is 1. The van der Waals surface area contributed by atoms with Crippen molar-refractivity contribution >= 4 is 50.9 Å². The van der Waals surface area contributed by atoms with E-state index < -0.39 is 46.1 Å². The SMILES string of the molecule is COC(=O)c1sc(N2C(=O)c3oc4ccc(F)cc4c(=O)c3C23C(=O)N(Cc2ccc(F)cc2)c2ccccc23)nc1C. The summed E-state index contributed by atoms with van der Waals surface area (Å²) in [5.74, 6) is -3.76. The number of esters is 1. The number of thiazole rings is 1. The molecule has 1 atom stereocenters. The molecular weight excluding hydrogens is 580 g/mol.